The molecule has 6 heteroatoms. The van der Waals surface area contributed by atoms with Crippen LogP contribution in [0.2, 0.25) is 0 Å². The van der Waals surface area contributed by atoms with Crippen LogP contribution in [-0.4, -0.2) is 94.5 Å². The standard InChI is InChI=1S/C20H30N4O2/c25-19-8-18-11-22(10-16-2-1-5-21-9-16)13-20(24(18)12-19)14-23(15-20)17-3-6-26-7-4-17/h1-2,5,9,17-19,25H,3-4,6-8,10-15H2/t18-,19+/m0/s1. The molecule has 1 aromatic rings. The van der Waals surface area contributed by atoms with Gasteiger partial charge < -0.3 is 9.84 Å². The van der Waals surface area contributed by atoms with Crippen molar-refractivity contribution in [1.82, 2.24) is 19.7 Å². The highest BCUT2D eigenvalue weighted by Gasteiger charge is 2.56. The highest BCUT2D eigenvalue weighted by molar-refractivity contribution is 5.16. The molecule has 0 bridgehead atoms. The van der Waals surface area contributed by atoms with E-state index in [2.05, 4.69) is 25.8 Å². The number of piperazine rings is 1. The zero-order valence-electron chi connectivity index (χ0n) is 15.5. The Hall–Kier alpha value is -1.05. The predicted molar refractivity (Wildman–Crippen MR) is 98.8 cm³/mol. The van der Waals surface area contributed by atoms with Gasteiger partial charge in [0.15, 0.2) is 0 Å². The van der Waals surface area contributed by atoms with Gasteiger partial charge in [-0.2, -0.15) is 0 Å². The molecule has 0 aromatic carbocycles. The van der Waals surface area contributed by atoms with Gasteiger partial charge in [0, 0.05) is 77.0 Å². The van der Waals surface area contributed by atoms with Crippen molar-refractivity contribution in [2.45, 2.75) is 49.5 Å². The number of fused-ring (bicyclic) bond motifs is 2. The van der Waals surface area contributed by atoms with Crippen molar-refractivity contribution in [3.63, 3.8) is 0 Å². The second-order valence-corrected chi connectivity index (χ2v) is 8.70. The summed E-state index contributed by atoms with van der Waals surface area (Å²) in [4.78, 5) is 12.2. The maximum atomic E-state index is 10.3. The minimum absolute atomic E-state index is 0.160. The Morgan fingerprint density at radius 2 is 2.00 bits per heavy atom. The van der Waals surface area contributed by atoms with Crippen molar-refractivity contribution in [3.8, 4) is 0 Å². The van der Waals surface area contributed by atoms with Crippen LogP contribution in [0.4, 0.5) is 0 Å². The van der Waals surface area contributed by atoms with Gasteiger partial charge in [-0.15, -0.1) is 0 Å². The molecule has 5 rings (SSSR count). The van der Waals surface area contributed by atoms with Gasteiger partial charge in [0.2, 0.25) is 0 Å². The molecule has 142 valence electrons. The summed E-state index contributed by atoms with van der Waals surface area (Å²) in [6, 6.07) is 5.38. The van der Waals surface area contributed by atoms with E-state index in [4.69, 9.17) is 4.74 Å². The Bertz CT molecular complexity index is 615. The van der Waals surface area contributed by atoms with E-state index in [1.807, 2.05) is 18.5 Å². The quantitative estimate of drug-likeness (QED) is 0.852. The minimum atomic E-state index is -0.160. The Morgan fingerprint density at radius 3 is 2.77 bits per heavy atom. The Morgan fingerprint density at radius 1 is 1.15 bits per heavy atom. The number of aliphatic hydroxyl groups excluding tert-OH is 1. The largest absolute Gasteiger partial charge is 0.392 e. The molecule has 0 radical (unpaired) electrons. The third-order valence-corrected chi connectivity index (χ3v) is 6.82. The van der Waals surface area contributed by atoms with Crippen LogP contribution in [0.5, 0.6) is 0 Å². The molecule has 5 heterocycles. The predicted octanol–water partition coefficient (Wildman–Crippen LogP) is 0.566. The van der Waals surface area contributed by atoms with Crippen LogP contribution in [0.3, 0.4) is 0 Å². The van der Waals surface area contributed by atoms with E-state index in [1.54, 1.807) is 0 Å². The highest BCUT2D eigenvalue weighted by Crippen LogP contribution is 2.40. The number of hydrogen-bond acceptors (Lipinski definition) is 6. The van der Waals surface area contributed by atoms with Crippen molar-refractivity contribution in [2.75, 3.05) is 45.9 Å². The second-order valence-electron chi connectivity index (χ2n) is 8.70. The second kappa shape index (κ2) is 6.84. The van der Waals surface area contributed by atoms with Crippen molar-refractivity contribution in [1.29, 1.82) is 0 Å². The summed E-state index contributed by atoms with van der Waals surface area (Å²) in [6.45, 7) is 8.09. The first-order valence-electron chi connectivity index (χ1n) is 10.1. The molecule has 4 aliphatic heterocycles. The van der Waals surface area contributed by atoms with Crippen LogP contribution in [0.1, 0.15) is 24.8 Å². The fourth-order valence-electron chi connectivity index (χ4n) is 5.69. The van der Waals surface area contributed by atoms with Crippen molar-refractivity contribution in [2.24, 2.45) is 0 Å². The van der Waals surface area contributed by atoms with E-state index >= 15 is 0 Å². The van der Waals surface area contributed by atoms with Gasteiger partial charge in [0.25, 0.3) is 0 Å². The van der Waals surface area contributed by atoms with Crippen LogP contribution < -0.4 is 0 Å². The van der Waals surface area contributed by atoms with Gasteiger partial charge in [-0.3, -0.25) is 19.7 Å². The number of aromatic nitrogens is 1. The fourth-order valence-corrected chi connectivity index (χ4v) is 5.69. The molecule has 0 aliphatic carbocycles. The third kappa shape index (κ3) is 3.08. The lowest BCUT2D eigenvalue weighted by Gasteiger charge is -2.63. The van der Waals surface area contributed by atoms with Gasteiger partial charge in [0.05, 0.1) is 11.6 Å². The number of β-amino-alcohol motifs (C(OH)–C–C–N with tert-alkyl or cyclic N) is 1. The number of nitrogens with zero attached hydrogens (tertiary/aromatic N) is 4. The smallest absolute Gasteiger partial charge is 0.0682 e. The lowest BCUT2D eigenvalue weighted by atomic mass is 9.81. The number of likely N-dealkylation sites (tertiary alicyclic amines) is 1. The monoisotopic (exact) mass is 358 g/mol. The molecular weight excluding hydrogens is 328 g/mol. The van der Waals surface area contributed by atoms with Crippen molar-refractivity contribution >= 4 is 0 Å². The summed E-state index contributed by atoms with van der Waals surface area (Å²) in [7, 11) is 0. The van der Waals surface area contributed by atoms with E-state index < -0.39 is 0 Å². The number of rotatable bonds is 3. The SMILES string of the molecule is O[C@@H]1C[C@H]2CN(Cc3cccnc3)CC3(CN(C4CCOCC4)C3)N2C1. The molecule has 1 N–H and O–H groups in total. The molecule has 4 fully saturated rings. The highest BCUT2D eigenvalue weighted by atomic mass is 16.5. The van der Waals surface area contributed by atoms with Gasteiger partial charge in [-0.1, -0.05) is 6.07 Å². The van der Waals surface area contributed by atoms with Crippen molar-refractivity contribution < 1.29 is 9.84 Å². The maximum absolute atomic E-state index is 10.3. The topological polar surface area (TPSA) is 52.1 Å². The molecule has 4 saturated heterocycles. The molecule has 2 atom stereocenters. The van der Waals surface area contributed by atoms with Crippen LogP contribution in [0.25, 0.3) is 0 Å². The van der Waals surface area contributed by atoms with Gasteiger partial charge >= 0.3 is 0 Å². The fraction of sp³-hybridized carbons (Fsp3) is 0.750. The average molecular weight is 358 g/mol. The van der Waals surface area contributed by atoms with E-state index in [0.717, 1.165) is 58.9 Å². The van der Waals surface area contributed by atoms with Gasteiger partial charge in [-0.05, 0) is 30.9 Å². The van der Waals surface area contributed by atoms with Crippen LogP contribution in [-0.2, 0) is 11.3 Å². The Kier molecular flexibility index (Phi) is 4.49. The number of pyridine rings is 1. The lowest BCUT2D eigenvalue weighted by molar-refractivity contribution is -0.137. The van der Waals surface area contributed by atoms with E-state index in [0.29, 0.717) is 12.1 Å². The van der Waals surface area contributed by atoms with Crippen molar-refractivity contribution in [3.05, 3.63) is 30.1 Å². The average Bonchev–Trinajstić information content (AvgIpc) is 3.01. The summed E-state index contributed by atoms with van der Waals surface area (Å²) in [6.07, 6.45) is 6.92. The maximum Gasteiger partial charge on any atom is 0.0682 e. The molecule has 0 amide bonds. The molecule has 26 heavy (non-hydrogen) atoms. The van der Waals surface area contributed by atoms with Crippen LogP contribution >= 0.6 is 0 Å². The molecular formula is C20H30N4O2. The number of hydrogen-bond donors (Lipinski definition) is 1. The molecule has 1 spiro atoms. The summed E-state index contributed by atoms with van der Waals surface area (Å²) in [5.74, 6) is 0. The number of ether oxygens (including phenoxy) is 1. The number of aliphatic hydroxyl groups is 1. The molecule has 0 saturated carbocycles. The van der Waals surface area contributed by atoms with E-state index in [-0.39, 0.29) is 11.6 Å². The zero-order chi connectivity index (χ0) is 17.6. The van der Waals surface area contributed by atoms with Gasteiger partial charge in [0.1, 0.15) is 0 Å². The lowest BCUT2D eigenvalue weighted by Crippen LogP contribution is -2.79. The third-order valence-electron chi connectivity index (χ3n) is 6.82. The summed E-state index contributed by atoms with van der Waals surface area (Å²) in [5.41, 5.74) is 1.51. The van der Waals surface area contributed by atoms with E-state index in [1.165, 1.54) is 18.4 Å². The summed E-state index contributed by atoms with van der Waals surface area (Å²) < 4.78 is 5.54. The molecule has 0 unspecified atom stereocenters. The normalized spacial score (nSPS) is 33.3. The minimum Gasteiger partial charge on any atom is -0.392 e. The molecule has 6 nitrogen and oxygen atoms in total. The summed E-state index contributed by atoms with van der Waals surface area (Å²) in [5, 5.41) is 10.3. The van der Waals surface area contributed by atoms with Crippen LogP contribution in [0, 0.1) is 0 Å². The Labute approximate surface area is 155 Å². The first-order valence-corrected chi connectivity index (χ1v) is 10.1. The zero-order valence-corrected chi connectivity index (χ0v) is 15.5. The van der Waals surface area contributed by atoms with Crippen LogP contribution in [0.15, 0.2) is 24.5 Å². The first kappa shape index (κ1) is 17.1. The Balaban J connectivity index is 1.30. The molecule has 1 aromatic heterocycles. The van der Waals surface area contributed by atoms with E-state index in [9.17, 15) is 5.11 Å². The molecule has 4 aliphatic rings. The first-order chi connectivity index (χ1) is 12.7. The van der Waals surface area contributed by atoms with Gasteiger partial charge in [-0.25, -0.2) is 0 Å². The summed E-state index contributed by atoms with van der Waals surface area (Å²) >= 11 is 0.